The van der Waals surface area contributed by atoms with Gasteiger partial charge < -0.3 is 5.73 Å². The zero-order chi connectivity index (χ0) is 13.2. The standard InChI is InChI=1S/C14H26N4/c1-4-18-11-12(10-16-18)13(15)14(2,3)17-8-6-5-7-9-17/h10-11,13H,4-9,15H2,1-3H3. The van der Waals surface area contributed by atoms with E-state index in [1.807, 2.05) is 10.9 Å². The maximum Gasteiger partial charge on any atom is 0.0538 e. The van der Waals surface area contributed by atoms with Crippen molar-refractivity contribution in [2.24, 2.45) is 5.73 Å². The van der Waals surface area contributed by atoms with Gasteiger partial charge in [-0.25, -0.2) is 0 Å². The van der Waals surface area contributed by atoms with E-state index in [2.05, 4.69) is 37.0 Å². The largest absolute Gasteiger partial charge is 0.322 e. The fraction of sp³-hybridized carbons (Fsp3) is 0.786. The van der Waals surface area contributed by atoms with Gasteiger partial charge in [0, 0.05) is 23.8 Å². The molecule has 1 atom stereocenters. The summed E-state index contributed by atoms with van der Waals surface area (Å²) in [5.41, 5.74) is 7.62. The van der Waals surface area contributed by atoms with Crippen LogP contribution in [0.15, 0.2) is 12.4 Å². The average molecular weight is 250 g/mol. The van der Waals surface area contributed by atoms with Gasteiger partial charge in [-0.2, -0.15) is 5.10 Å². The van der Waals surface area contributed by atoms with E-state index < -0.39 is 0 Å². The Balaban J connectivity index is 2.12. The summed E-state index contributed by atoms with van der Waals surface area (Å²) in [5, 5.41) is 4.33. The molecule has 2 heterocycles. The molecule has 0 bridgehead atoms. The number of aryl methyl sites for hydroxylation is 1. The molecule has 2 rings (SSSR count). The molecule has 4 nitrogen and oxygen atoms in total. The van der Waals surface area contributed by atoms with E-state index in [4.69, 9.17) is 5.73 Å². The van der Waals surface area contributed by atoms with E-state index in [9.17, 15) is 0 Å². The maximum absolute atomic E-state index is 6.48. The van der Waals surface area contributed by atoms with Crippen LogP contribution in [-0.4, -0.2) is 33.3 Å². The molecular formula is C14H26N4. The van der Waals surface area contributed by atoms with Gasteiger partial charge in [-0.15, -0.1) is 0 Å². The second-order valence-electron chi connectivity index (χ2n) is 5.81. The van der Waals surface area contributed by atoms with Crippen molar-refractivity contribution in [2.75, 3.05) is 13.1 Å². The van der Waals surface area contributed by atoms with Crippen LogP contribution in [0.2, 0.25) is 0 Å². The Kier molecular flexibility index (Phi) is 4.07. The van der Waals surface area contributed by atoms with Crippen LogP contribution >= 0.6 is 0 Å². The SMILES string of the molecule is CCn1cc(C(N)C(C)(C)N2CCCCC2)cn1. The molecule has 0 spiro atoms. The van der Waals surface area contributed by atoms with Gasteiger partial charge in [0.15, 0.2) is 0 Å². The van der Waals surface area contributed by atoms with Crippen molar-refractivity contribution in [3.63, 3.8) is 0 Å². The third kappa shape index (κ3) is 2.59. The van der Waals surface area contributed by atoms with Gasteiger partial charge >= 0.3 is 0 Å². The first kappa shape index (κ1) is 13.6. The fourth-order valence-electron chi connectivity index (χ4n) is 2.79. The molecule has 1 saturated heterocycles. The van der Waals surface area contributed by atoms with E-state index in [-0.39, 0.29) is 11.6 Å². The zero-order valence-corrected chi connectivity index (χ0v) is 11.9. The number of rotatable bonds is 4. The lowest BCUT2D eigenvalue weighted by atomic mass is 9.87. The molecule has 0 aliphatic carbocycles. The Morgan fingerprint density at radius 3 is 2.56 bits per heavy atom. The number of nitrogens with two attached hydrogens (primary N) is 1. The van der Waals surface area contributed by atoms with E-state index >= 15 is 0 Å². The normalized spacial score (nSPS) is 20.0. The summed E-state index contributed by atoms with van der Waals surface area (Å²) < 4.78 is 1.95. The van der Waals surface area contributed by atoms with Crippen molar-refractivity contribution in [1.29, 1.82) is 0 Å². The summed E-state index contributed by atoms with van der Waals surface area (Å²) in [5.74, 6) is 0. The molecular weight excluding hydrogens is 224 g/mol. The smallest absolute Gasteiger partial charge is 0.0538 e. The van der Waals surface area contributed by atoms with Crippen LogP contribution in [0.3, 0.4) is 0 Å². The number of piperidine rings is 1. The van der Waals surface area contributed by atoms with Crippen LogP contribution in [0.1, 0.15) is 51.6 Å². The van der Waals surface area contributed by atoms with Gasteiger partial charge in [0.2, 0.25) is 0 Å². The number of aromatic nitrogens is 2. The van der Waals surface area contributed by atoms with Gasteiger partial charge in [-0.1, -0.05) is 6.42 Å². The highest BCUT2D eigenvalue weighted by Gasteiger charge is 2.35. The van der Waals surface area contributed by atoms with Crippen LogP contribution in [0.25, 0.3) is 0 Å². The summed E-state index contributed by atoms with van der Waals surface area (Å²) in [6, 6.07) is 0.0240. The minimum atomic E-state index is 0.00201. The minimum Gasteiger partial charge on any atom is -0.322 e. The molecule has 0 aromatic carbocycles. The third-order valence-corrected chi connectivity index (χ3v) is 4.27. The fourth-order valence-corrected chi connectivity index (χ4v) is 2.79. The highest BCUT2D eigenvalue weighted by Crippen LogP contribution is 2.31. The lowest BCUT2D eigenvalue weighted by Gasteiger charge is -2.44. The quantitative estimate of drug-likeness (QED) is 0.891. The molecule has 18 heavy (non-hydrogen) atoms. The van der Waals surface area contributed by atoms with Crippen molar-refractivity contribution in [1.82, 2.24) is 14.7 Å². The van der Waals surface area contributed by atoms with Crippen molar-refractivity contribution in [2.45, 2.75) is 58.2 Å². The molecule has 1 aliphatic rings. The summed E-state index contributed by atoms with van der Waals surface area (Å²) in [6.07, 6.45) is 7.94. The number of nitrogens with zero attached hydrogens (tertiary/aromatic N) is 3. The van der Waals surface area contributed by atoms with Crippen LogP contribution < -0.4 is 5.73 Å². The van der Waals surface area contributed by atoms with Crippen molar-refractivity contribution < 1.29 is 0 Å². The number of hydrogen-bond acceptors (Lipinski definition) is 3. The average Bonchev–Trinajstić information content (AvgIpc) is 2.87. The van der Waals surface area contributed by atoms with Gasteiger partial charge in [0.05, 0.1) is 12.2 Å². The molecule has 1 fully saturated rings. The molecule has 1 unspecified atom stereocenters. The lowest BCUT2D eigenvalue weighted by molar-refractivity contribution is 0.0729. The summed E-state index contributed by atoms with van der Waals surface area (Å²) in [7, 11) is 0. The molecule has 0 radical (unpaired) electrons. The van der Waals surface area contributed by atoms with E-state index in [1.54, 1.807) is 0 Å². The first-order valence-electron chi connectivity index (χ1n) is 7.08. The van der Waals surface area contributed by atoms with Crippen LogP contribution in [-0.2, 0) is 6.54 Å². The van der Waals surface area contributed by atoms with Crippen LogP contribution in [0.5, 0.6) is 0 Å². The van der Waals surface area contributed by atoms with Crippen LogP contribution in [0.4, 0.5) is 0 Å². The predicted molar refractivity (Wildman–Crippen MR) is 74.3 cm³/mol. The highest BCUT2D eigenvalue weighted by atomic mass is 15.3. The molecule has 1 aromatic heterocycles. The maximum atomic E-state index is 6.48. The summed E-state index contributed by atoms with van der Waals surface area (Å²) in [6.45, 7) is 9.85. The highest BCUT2D eigenvalue weighted by molar-refractivity contribution is 5.16. The Morgan fingerprint density at radius 2 is 2.00 bits per heavy atom. The van der Waals surface area contributed by atoms with Crippen molar-refractivity contribution >= 4 is 0 Å². The van der Waals surface area contributed by atoms with Gasteiger partial charge in [-0.05, 0) is 46.7 Å². The second kappa shape index (κ2) is 5.41. The Hall–Kier alpha value is -0.870. The van der Waals surface area contributed by atoms with E-state index in [0.29, 0.717) is 0 Å². The predicted octanol–water partition coefficient (Wildman–Crippen LogP) is 2.17. The summed E-state index contributed by atoms with van der Waals surface area (Å²) in [4.78, 5) is 2.53. The van der Waals surface area contributed by atoms with E-state index in [1.165, 1.54) is 32.4 Å². The molecule has 1 aromatic rings. The molecule has 4 heteroatoms. The van der Waals surface area contributed by atoms with Crippen molar-refractivity contribution in [3.05, 3.63) is 18.0 Å². The molecule has 102 valence electrons. The minimum absolute atomic E-state index is 0.00201. The summed E-state index contributed by atoms with van der Waals surface area (Å²) >= 11 is 0. The molecule has 2 N–H and O–H groups in total. The third-order valence-electron chi connectivity index (χ3n) is 4.27. The Bertz CT molecular complexity index is 377. The topological polar surface area (TPSA) is 47.1 Å². The zero-order valence-electron chi connectivity index (χ0n) is 11.9. The van der Waals surface area contributed by atoms with Gasteiger partial charge in [-0.3, -0.25) is 9.58 Å². The molecule has 0 amide bonds. The molecule has 1 aliphatic heterocycles. The van der Waals surface area contributed by atoms with Crippen LogP contribution in [0, 0.1) is 0 Å². The van der Waals surface area contributed by atoms with Gasteiger partial charge in [0.25, 0.3) is 0 Å². The lowest BCUT2D eigenvalue weighted by Crippen LogP contribution is -2.53. The van der Waals surface area contributed by atoms with Gasteiger partial charge in [0.1, 0.15) is 0 Å². The van der Waals surface area contributed by atoms with E-state index in [0.717, 1.165) is 12.1 Å². The monoisotopic (exact) mass is 250 g/mol. The Labute approximate surface area is 110 Å². The first-order valence-corrected chi connectivity index (χ1v) is 7.08. The number of hydrogen-bond donors (Lipinski definition) is 1. The first-order chi connectivity index (χ1) is 8.55. The number of likely N-dealkylation sites (tertiary alicyclic amines) is 1. The van der Waals surface area contributed by atoms with Crippen molar-refractivity contribution in [3.8, 4) is 0 Å². The second-order valence-corrected chi connectivity index (χ2v) is 5.81. The Morgan fingerprint density at radius 1 is 1.33 bits per heavy atom. The molecule has 0 saturated carbocycles.